The molecular weight excluding hydrogens is 578 g/mol. The van der Waals surface area contributed by atoms with E-state index in [9.17, 15) is 14.4 Å². The van der Waals surface area contributed by atoms with E-state index in [0.29, 0.717) is 35.5 Å². The minimum absolute atomic E-state index is 0.0166. The van der Waals surface area contributed by atoms with E-state index < -0.39 is 11.9 Å². The molecule has 0 saturated carbocycles. The Morgan fingerprint density at radius 3 is 2.42 bits per heavy atom. The Labute approximate surface area is 245 Å². The third-order valence-corrected chi connectivity index (χ3v) is 8.29. The highest BCUT2D eigenvalue weighted by molar-refractivity contribution is 7.99. The number of morpholine rings is 1. The smallest absolute Gasteiger partial charge is 0.348 e. The van der Waals surface area contributed by atoms with Crippen molar-refractivity contribution in [3.05, 3.63) is 51.1 Å². The van der Waals surface area contributed by atoms with Crippen LogP contribution in [-0.2, 0) is 25.5 Å². The van der Waals surface area contributed by atoms with Crippen LogP contribution in [0.1, 0.15) is 45.3 Å². The average Bonchev–Trinajstić information content (AvgIpc) is 3.48. The summed E-state index contributed by atoms with van der Waals surface area (Å²) in [4.78, 5) is 40.6. The minimum atomic E-state index is -0.620. The van der Waals surface area contributed by atoms with Crippen molar-refractivity contribution in [3.8, 4) is 5.69 Å². The van der Waals surface area contributed by atoms with E-state index in [-0.39, 0.29) is 40.3 Å². The Bertz CT molecular complexity index is 1350. The molecule has 4 rings (SSSR count). The molecule has 3 aromatic rings. The lowest BCUT2D eigenvalue weighted by Gasteiger charge is -2.26. The van der Waals surface area contributed by atoms with Crippen molar-refractivity contribution in [1.82, 2.24) is 19.7 Å². The first kappa shape index (κ1) is 30.0. The number of aromatic nitrogens is 3. The van der Waals surface area contributed by atoms with Gasteiger partial charge in [0, 0.05) is 23.8 Å². The summed E-state index contributed by atoms with van der Waals surface area (Å²) in [6.07, 6.45) is 0. The van der Waals surface area contributed by atoms with Crippen LogP contribution < -0.4 is 5.32 Å². The Morgan fingerprint density at radius 2 is 1.75 bits per heavy atom. The SMILES string of the molecule is CCOC(=O)c1sc(NC(=O)CSc2nnc(CN3CCOCC3)n2-c2ccc(Cl)cc2)c(C(=O)OCC)c1C. The molecular formula is C26H30ClN5O6S2. The maximum absolute atomic E-state index is 13.1. The van der Waals surface area contributed by atoms with Gasteiger partial charge in [-0.3, -0.25) is 14.3 Å². The zero-order chi connectivity index (χ0) is 28.6. The van der Waals surface area contributed by atoms with Gasteiger partial charge in [-0.15, -0.1) is 21.5 Å². The lowest BCUT2D eigenvalue weighted by Crippen LogP contribution is -2.36. The van der Waals surface area contributed by atoms with Gasteiger partial charge in [0.15, 0.2) is 11.0 Å². The standard InChI is InChI=1S/C26H30ClN5O6S2/c1-4-37-24(34)21-16(3)22(25(35)38-5-2)40-23(21)28-20(33)15-39-26-30-29-19(14-31-10-12-36-13-11-31)32(26)18-8-6-17(27)7-9-18/h6-9H,4-5,10-15H2,1-3H3,(H,28,33). The average molecular weight is 608 g/mol. The van der Waals surface area contributed by atoms with Crippen molar-refractivity contribution >= 4 is 57.5 Å². The van der Waals surface area contributed by atoms with Crippen molar-refractivity contribution in [1.29, 1.82) is 0 Å². The van der Waals surface area contributed by atoms with E-state index in [1.54, 1.807) is 32.9 Å². The van der Waals surface area contributed by atoms with Crippen LogP contribution in [0.3, 0.4) is 0 Å². The highest BCUT2D eigenvalue weighted by Gasteiger charge is 2.28. The molecule has 11 nitrogen and oxygen atoms in total. The van der Waals surface area contributed by atoms with E-state index in [0.717, 1.165) is 35.9 Å². The highest BCUT2D eigenvalue weighted by Crippen LogP contribution is 2.35. The van der Waals surface area contributed by atoms with Crippen LogP contribution in [0.2, 0.25) is 5.02 Å². The summed E-state index contributed by atoms with van der Waals surface area (Å²) < 4.78 is 17.6. The molecule has 0 atom stereocenters. The molecule has 1 aliphatic rings. The minimum Gasteiger partial charge on any atom is -0.462 e. The predicted octanol–water partition coefficient (Wildman–Crippen LogP) is 4.21. The van der Waals surface area contributed by atoms with Crippen molar-refractivity contribution in [2.45, 2.75) is 32.5 Å². The monoisotopic (exact) mass is 607 g/mol. The van der Waals surface area contributed by atoms with E-state index in [1.807, 2.05) is 16.7 Å². The zero-order valence-corrected chi connectivity index (χ0v) is 24.8. The summed E-state index contributed by atoms with van der Waals surface area (Å²) in [5, 5.41) is 12.9. The zero-order valence-electron chi connectivity index (χ0n) is 22.4. The number of thioether (sulfide) groups is 1. The molecule has 14 heteroatoms. The Balaban J connectivity index is 1.54. The first-order chi connectivity index (χ1) is 19.3. The number of carbonyl (C=O) groups is 3. The van der Waals surface area contributed by atoms with Crippen molar-refractivity contribution in [2.75, 3.05) is 50.6 Å². The van der Waals surface area contributed by atoms with Gasteiger partial charge in [0.2, 0.25) is 5.91 Å². The molecule has 0 unspecified atom stereocenters. The number of anilines is 1. The number of hydrogen-bond donors (Lipinski definition) is 1. The van der Waals surface area contributed by atoms with Crippen LogP contribution in [-0.4, -0.2) is 82.8 Å². The van der Waals surface area contributed by atoms with Gasteiger partial charge < -0.3 is 19.5 Å². The summed E-state index contributed by atoms with van der Waals surface area (Å²) in [5.41, 5.74) is 1.36. The number of benzene rings is 1. The number of amides is 1. The number of carbonyl (C=O) groups excluding carboxylic acids is 3. The van der Waals surface area contributed by atoms with Gasteiger partial charge in [-0.25, -0.2) is 9.59 Å². The number of ether oxygens (including phenoxy) is 3. The molecule has 0 aliphatic carbocycles. The summed E-state index contributed by atoms with van der Waals surface area (Å²) >= 11 is 8.30. The lowest BCUT2D eigenvalue weighted by molar-refractivity contribution is -0.113. The summed E-state index contributed by atoms with van der Waals surface area (Å²) in [6.45, 7) is 8.81. The lowest BCUT2D eigenvalue weighted by atomic mass is 10.1. The first-order valence-corrected chi connectivity index (χ1v) is 14.9. The van der Waals surface area contributed by atoms with Gasteiger partial charge in [0.1, 0.15) is 9.88 Å². The summed E-state index contributed by atoms with van der Waals surface area (Å²) in [5.74, 6) is -0.853. The van der Waals surface area contributed by atoms with E-state index >= 15 is 0 Å². The molecule has 0 spiro atoms. The number of hydrogen-bond acceptors (Lipinski definition) is 11. The van der Waals surface area contributed by atoms with Crippen LogP contribution >= 0.6 is 34.7 Å². The molecule has 1 fully saturated rings. The number of thiophene rings is 1. The molecule has 214 valence electrons. The number of nitrogens with one attached hydrogen (secondary N) is 1. The fourth-order valence-electron chi connectivity index (χ4n) is 4.04. The molecule has 0 bridgehead atoms. The topological polar surface area (TPSA) is 125 Å². The van der Waals surface area contributed by atoms with Gasteiger partial charge in [-0.2, -0.15) is 0 Å². The van der Waals surface area contributed by atoms with Crippen molar-refractivity contribution in [2.24, 2.45) is 0 Å². The number of nitrogens with zero attached hydrogens (tertiary/aromatic N) is 4. The van der Waals surface area contributed by atoms with Crippen LogP contribution in [0.25, 0.3) is 5.69 Å². The molecule has 40 heavy (non-hydrogen) atoms. The van der Waals surface area contributed by atoms with Crippen LogP contribution in [0.5, 0.6) is 0 Å². The summed E-state index contributed by atoms with van der Waals surface area (Å²) in [7, 11) is 0. The highest BCUT2D eigenvalue weighted by atomic mass is 35.5. The van der Waals surface area contributed by atoms with Crippen molar-refractivity contribution < 1.29 is 28.6 Å². The quantitative estimate of drug-likeness (QED) is 0.250. The van der Waals surface area contributed by atoms with E-state index in [2.05, 4.69) is 20.4 Å². The van der Waals surface area contributed by atoms with Gasteiger partial charge in [-0.1, -0.05) is 23.4 Å². The molecule has 1 saturated heterocycles. The molecule has 3 heterocycles. The second-order valence-electron chi connectivity index (χ2n) is 8.64. The first-order valence-electron chi connectivity index (χ1n) is 12.7. The second-order valence-corrected chi connectivity index (χ2v) is 11.0. The number of rotatable bonds is 11. The maximum Gasteiger partial charge on any atom is 0.348 e. The van der Waals surface area contributed by atoms with E-state index in [1.165, 1.54) is 11.8 Å². The van der Waals surface area contributed by atoms with Crippen molar-refractivity contribution in [3.63, 3.8) is 0 Å². The van der Waals surface area contributed by atoms with Gasteiger partial charge in [0.25, 0.3) is 0 Å². The van der Waals surface area contributed by atoms with Crippen LogP contribution in [0.15, 0.2) is 29.4 Å². The normalized spacial score (nSPS) is 13.7. The molecule has 2 aromatic heterocycles. The van der Waals surface area contributed by atoms with Gasteiger partial charge in [-0.05, 0) is 50.6 Å². The molecule has 1 N–H and O–H groups in total. The third-order valence-electron chi connectivity index (χ3n) is 5.93. The van der Waals surface area contributed by atoms with Crippen LogP contribution in [0.4, 0.5) is 5.00 Å². The molecule has 1 amide bonds. The predicted molar refractivity (Wildman–Crippen MR) is 153 cm³/mol. The number of halogens is 1. The molecule has 0 radical (unpaired) electrons. The molecule has 1 aliphatic heterocycles. The largest absolute Gasteiger partial charge is 0.462 e. The third kappa shape index (κ3) is 7.21. The fraction of sp³-hybridized carbons (Fsp3) is 0.423. The number of esters is 2. The van der Waals surface area contributed by atoms with Crippen LogP contribution in [0, 0.1) is 6.92 Å². The van der Waals surface area contributed by atoms with Gasteiger partial charge in [0.05, 0.1) is 44.3 Å². The Hall–Kier alpha value is -2.97. The fourth-order valence-corrected chi connectivity index (χ4v) is 6.04. The Kier molecular flexibility index (Phi) is 10.6. The second kappa shape index (κ2) is 14.1. The van der Waals surface area contributed by atoms with Gasteiger partial charge >= 0.3 is 11.9 Å². The maximum atomic E-state index is 13.1. The van der Waals surface area contributed by atoms with E-state index in [4.69, 9.17) is 25.8 Å². The Morgan fingerprint density at radius 1 is 1.07 bits per heavy atom. The molecule has 1 aromatic carbocycles. The summed E-state index contributed by atoms with van der Waals surface area (Å²) in [6, 6.07) is 7.31.